The van der Waals surface area contributed by atoms with Gasteiger partial charge in [0.05, 0.1) is 13.2 Å². The van der Waals surface area contributed by atoms with Crippen molar-refractivity contribution < 1.29 is 14.0 Å². The molecule has 2 heterocycles. The fourth-order valence-electron chi connectivity index (χ4n) is 3.91. The second-order valence-corrected chi connectivity index (χ2v) is 7.80. The summed E-state index contributed by atoms with van der Waals surface area (Å²) in [5.41, 5.74) is 5.55. The summed E-state index contributed by atoms with van der Waals surface area (Å²) in [5, 5.41) is 4.25. The van der Waals surface area contributed by atoms with E-state index in [1.807, 2.05) is 32.9 Å². The zero-order valence-corrected chi connectivity index (χ0v) is 18.7. The topological polar surface area (TPSA) is 47.7 Å². The summed E-state index contributed by atoms with van der Waals surface area (Å²) >= 11 is 0. The second kappa shape index (κ2) is 8.72. The van der Waals surface area contributed by atoms with E-state index >= 15 is 0 Å². The van der Waals surface area contributed by atoms with Gasteiger partial charge in [-0.25, -0.2) is 0 Å². The van der Waals surface area contributed by atoms with Crippen LogP contribution in [-0.4, -0.2) is 18.3 Å². The number of benzene rings is 2. The Morgan fingerprint density at radius 2 is 1.65 bits per heavy atom. The van der Waals surface area contributed by atoms with Gasteiger partial charge in [0.2, 0.25) is 0 Å². The Kier molecular flexibility index (Phi) is 5.85. The van der Waals surface area contributed by atoms with Crippen LogP contribution in [0, 0.1) is 13.8 Å². The lowest BCUT2D eigenvalue weighted by molar-refractivity contribution is 0.165. The average Bonchev–Trinajstić information content (AvgIpc) is 3.11. The van der Waals surface area contributed by atoms with Crippen LogP contribution in [0.5, 0.6) is 0 Å². The molecule has 4 rings (SSSR count). The van der Waals surface area contributed by atoms with Crippen LogP contribution in [0.15, 0.2) is 82.4 Å². The first kappa shape index (κ1) is 20.8. The third-order valence-corrected chi connectivity index (χ3v) is 5.77. The highest BCUT2D eigenvalue weighted by atomic mass is 16.5. The lowest BCUT2D eigenvalue weighted by atomic mass is 10.0. The van der Waals surface area contributed by atoms with Crippen LogP contribution < -0.4 is 4.90 Å². The van der Waals surface area contributed by atoms with Gasteiger partial charge in [-0.05, 0) is 44.4 Å². The molecule has 1 aromatic heterocycles. The van der Waals surface area contributed by atoms with Crippen molar-refractivity contribution in [1.82, 2.24) is 5.16 Å². The van der Waals surface area contributed by atoms with E-state index in [1.54, 1.807) is 7.11 Å². The second-order valence-electron chi connectivity index (χ2n) is 7.80. The fourth-order valence-corrected chi connectivity index (χ4v) is 3.91. The number of nitrogens with zero attached hydrogens (tertiary/aromatic N) is 2. The molecule has 160 valence electrons. The normalized spacial score (nSPS) is 16.4. The van der Waals surface area contributed by atoms with Crippen molar-refractivity contribution in [2.75, 3.05) is 12.0 Å². The van der Waals surface area contributed by atoms with E-state index < -0.39 is 0 Å². The Labute approximate surface area is 183 Å². The standard InChI is InChI=1S/C26H28N2O3/c1-17-15-24(25(29-5)19(3)28(17)26-18(2)20(4)31-27-26)30-16-21-11-13-23(14-12-21)22-9-7-6-8-10-22/h6-15,19H,16H2,1-5H3. The number of rotatable bonds is 6. The molecular formula is C26H28N2O3. The first-order chi connectivity index (χ1) is 15.0. The van der Waals surface area contributed by atoms with Crippen molar-refractivity contribution in [3.05, 3.63) is 94.8 Å². The number of methoxy groups -OCH3 is 1. The molecule has 31 heavy (non-hydrogen) atoms. The van der Waals surface area contributed by atoms with Crippen molar-refractivity contribution in [3.8, 4) is 11.1 Å². The maximum atomic E-state index is 6.19. The van der Waals surface area contributed by atoms with Crippen LogP contribution in [0.4, 0.5) is 5.82 Å². The van der Waals surface area contributed by atoms with E-state index in [-0.39, 0.29) is 6.04 Å². The molecular weight excluding hydrogens is 388 g/mol. The third-order valence-electron chi connectivity index (χ3n) is 5.77. The summed E-state index contributed by atoms with van der Waals surface area (Å²) in [4.78, 5) is 2.12. The highest BCUT2D eigenvalue weighted by molar-refractivity contribution is 5.63. The predicted octanol–water partition coefficient (Wildman–Crippen LogP) is 6.15. The molecule has 0 bridgehead atoms. The summed E-state index contributed by atoms with van der Waals surface area (Å²) in [6, 6.07) is 18.8. The smallest absolute Gasteiger partial charge is 0.180 e. The molecule has 3 aromatic rings. The lowest BCUT2D eigenvalue weighted by Gasteiger charge is -2.35. The quantitative estimate of drug-likeness (QED) is 0.483. The molecule has 1 atom stereocenters. The number of ether oxygens (including phenoxy) is 2. The van der Waals surface area contributed by atoms with Crippen LogP contribution in [-0.2, 0) is 16.1 Å². The first-order valence-electron chi connectivity index (χ1n) is 10.4. The number of aromatic nitrogens is 1. The highest BCUT2D eigenvalue weighted by Crippen LogP contribution is 2.34. The van der Waals surface area contributed by atoms with Crippen molar-refractivity contribution in [1.29, 1.82) is 0 Å². The molecule has 0 amide bonds. The van der Waals surface area contributed by atoms with E-state index in [2.05, 4.69) is 65.5 Å². The summed E-state index contributed by atoms with van der Waals surface area (Å²) < 4.78 is 17.3. The van der Waals surface area contributed by atoms with Gasteiger partial charge < -0.3 is 18.9 Å². The zero-order chi connectivity index (χ0) is 22.0. The molecule has 5 nitrogen and oxygen atoms in total. The van der Waals surface area contributed by atoms with Crippen molar-refractivity contribution >= 4 is 5.82 Å². The molecule has 0 saturated heterocycles. The maximum absolute atomic E-state index is 6.19. The fraction of sp³-hybridized carbons (Fsp3) is 0.269. The maximum Gasteiger partial charge on any atom is 0.180 e. The number of hydrogen-bond donors (Lipinski definition) is 0. The lowest BCUT2D eigenvalue weighted by Crippen LogP contribution is -2.37. The molecule has 0 fully saturated rings. The largest absolute Gasteiger partial charge is 0.495 e. The first-order valence-corrected chi connectivity index (χ1v) is 10.4. The minimum absolute atomic E-state index is 0.0614. The zero-order valence-electron chi connectivity index (χ0n) is 18.7. The van der Waals surface area contributed by atoms with E-state index in [0.29, 0.717) is 6.61 Å². The Morgan fingerprint density at radius 1 is 0.968 bits per heavy atom. The van der Waals surface area contributed by atoms with Gasteiger partial charge in [0.25, 0.3) is 0 Å². The van der Waals surface area contributed by atoms with Gasteiger partial charge in [-0.1, -0.05) is 59.8 Å². The van der Waals surface area contributed by atoms with Crippen LogP contribution in [0.2, 0.25) is 0 Å². The minimum Gasteiger partial charge on any atom is -0.495 e. The molecule has 5 heteroatoms. The summed E-state index contributed by atoms with van der Waals surface area (Å²) in [5.74, 6) is 3.14. The molecule has 1 aliphatic rings. The van der Waals surface area contributed by atoms with Gasteiger partial charge in [-0.2, -0.15) is 0 Å². The van der Waals surface area contributed by atoms with Crippen molar-refractivity contribution in [3.63, 3.8) is 0 Å². The highest BCUT2D eigenvalue weighted by Gasteiger charge is 2.32. The average molecular weight is 417 g/mol. The molecule has 1 unspecified atom stereocenters. The molecule has 0 spiro atoms. The molecule has 0 radical (unpaired) electrons. The van der Waals surface area contributed by atoms with E-state index in [9.17, 15) is 0 Å². The Bertz CT molecular complexity index is 1110. The van der Waals surface area contributed by atoms with Crippen molar-refractivity contribution in [2.45, 2.75) is 40.3 Å². The van der Waals surface area contributed by atoms with Crippen LogP contribution in [0.3, 0.4) is 0 Å². The Hall–Kier alpha value is -3.47. The van der Waals surface area contributed by atoms with Gasteiger partial charge in [-0.3, -0.25) is 0 Å². The van der Waals surface area contributed by atoms with Crippen LogP contribution in [0.1, 0.15) is 30.7 Å². The molecule has 0 N–H and O–H groups in total. The summed E-state index contributed by atoms with van der Waals surface area (Å²) in [6.07, 6.45) is 2.00. The molecule has 0 saturated carbocycles. The predicted molar refractivity (Wildman–Crippen MR) is 122 cm³/mol. The van der Waals surface area contributed by atoms with Crippen molar-refractivity contribution in [2.24, 2.45) is 0 Å². The van der Waals surface area contributed by atoms with Gasteiger partial charge in [0.15, 0.2) is 17.3 Å². The van der Waals surface area contributed by atoms with Gasteiger partial charge in [-0.15, -0.1) is 0 Å². The number of aryl methyl sites for hydroxylation is 1. The monoisotopic (exact) mass is 416 g/mol. The van der Waals surface area contributed by atoms with E-state index in [4.69, 9.17) is 14.0 Å². The Morgan fingerprint density at radius 3 is 2.26 bits per heavy atom. The summed E-state index contributed by atoms with van der Waals surface area (Å²) in [7, 11) is 1.68. The van der Waals surface area contributed by atoms with E-state index in [1.165, 1.54) is 11.1 Å². The molecule has 0 aliphatic carbocycles. The minimum atomic E-state index is -0.0614. The molecule has 2 aromatic carbocycles. The van der Waals surface area contributed by atoms with Gasteiger partial charge >= 0.3 is 0 Å². The van der Waals surface area contributed by atoms with E-state index in [0.717, 1.165) is 39.9 Å². The summed E-state index contributed by atoms with van der Waals surface area (Å²) in [6.45, 7) is 8.53. The number of allylic oxidation sites excluding steroid dienone is 2. The third kappa shape index (κ3) is 4.08. The molecule has 1 aliphatic heterocycles. The SMILES string of the molecule is COC1=C(OCc2ccc(-c3ccccc3)cc2)C=C(C)N(c2noc(C)c2C)C1C. The number of anilines is 1. The number of hydrogen-bond acceptors (Lipinski definition) is 5. The van der Waals surface area contributed by atoms with Gasteiger partial charge in [0, 0.05) is 17.3 Å². The van der Waals surface area contributed by atoms with Gasteiger partial charge in [0.1, 0.15) is 12.4 Å². The Balaban J connectivity index is 1.51. The van der Waals surface area contributed by atoms with Crippen LogP contribution in [0.25, 0.3) is 11.1 Å². The van der Waals surface area contributed by atoms with Crippen LogP contribution >= 0.6 is 0 Å².